The van der Waals surface area contributed by atoms with Gasteiger partial charge in [0.2, 0.25) is 5.55 Å². The third-order valence-corrected chi connectivity index (χ3v) is 4.10. The van der Waals surface area contributed by atoms with E-state index in [1.165, 1.54) is 5.56 Å². The molecule has 2 N–H and O–H groups in total. The van der Waals surface area contributed by atoms with Crippen LogP contribution in [0.1, 0.15) is 25.0 Å². The zero-order chi connectivity index (χ0) is 17.8. The van der Waals surface area contributed by atoms with E-state index in [0.29, 0.717) is 29.1 Å². The number of thiocarbonyl (C=S) groups is 1. The van der Waals surface area contributed by atoms with Crippen molar-refractivity contribution in [2.24, 2.45) is 10.7 Å². The monoisotopic (exact) mass is 352 g/mol. The van der Waals surface area contributed by atoms with Crippen LogP contribution >= 0.6 is 12.2 Å². The van der Waals surface area contributed by atoms with Gasteiger partial charge in [-0.2, -0.15) is 0 Å². The summed E-state index contributed by atoms with van der Waals surface area (Å²) in [6.07, 6.45) is 0.983. The maximum Gasteiger partial charge on any atom is 0.230 e. The summed E-state index contributed by atoms with van der Waals surface area (Å²) in [6, 6.07) is 15.6. The summed E-state index contributed by atoms with van der Waals surface area (Å²) in [5.41, 5.74) is 9.54. The molecule has 0 aliphatic rings. The molecule has 5 heteroatoms. The first-order valence-corrected chi connectivity index (χ1v) is 8.66. The summed E-state index contributed by atoms with van der Waals surface area (Å²) < 4.78 is 11.7. The molecule has 128 valence electrons. The minimum absolute atomic E-state index is 0.247. The normalized spacial score (nSPS) is 11.7. The Kier molecular flexibility index (Phi) is 5.14. The molecule has 3 aromatic rings. The average molecular weight is 352 g/mol. The number of benzene rings is 2. The van der Waals surface area contributed by atoms with Gasteiger partial charge < -0.3 is 14.9 Å². The van der Waals surface area contributed by atoms with Gasteiger partial charge in [0.1, 0.15) is 4.99 Å². The first kappa shape index (κ1) is 17.2. The van der Waals surface area contributed by atoms with E-state index < -0.39 is 0 Å². The van der Waals surface area contributed by atoms with Gasteiger partial charge in [0.15, 0.2) is 11.3 Å². The molecular formula is C20H20N2O2S. The number of nitrogens with zero attached hydrogens (tertiary/aromatic N) is 1. The maximum absolute atomic E-state index is 6.04. The SMILES string of the molecule is CCOc1cccc2cc(C(N)=S)c(=Nc3ccc(CC)cc3)oc12. The van der Waals surface area contributed by atoms with Crippen LogP contribution in [0, 0.1) is 0 Å². The summed E-state index contributed by atoms with van der Waals surface area (Å²) in [7, 11) is 0. The first-order chi connectivity index (χ1) is 12.1. The number of fused-ring (bicyclic) bond motifs is 1. The van der Waals surface area contributed by atoms with Crippen LogP contribution < -0.4 is 16.0 Å². The number of ether oxygens (including phenoxy) is 1. The molecule has 0 saturated heterocycles. The lowest BCUT2D eigenvalue weighted by Gasteiger charge is -2.08. The molecule has 0 spiro atoms. The predicted octanol–water partition coefficient (Wildman–Crippen LogP) is 4.26. The van der Waals surface area contributed by atoms with E-state index >= 15 is 0 Å². The van der Waals surface area contributed by atoms with Crippen LogP contribution in [0.15, 0.2) is 57.9 Å². The summed E-state index contributed by atoms with van der Waals surface area (Å²) in [5, 5.41) is 0.869. The second kappa shape index (κ2) is 7.49. The Morgan fingerprint density at radius 3 is 2.56 bits per heavy atom. The highest BCUT2D eigenvalue weighted by Crippen LogP contribution is 2.25. The molecule has 0 unspecified atom stereocenters. The van der Waals surface area contributed by atoms with Crippen molar-refractivity contribution in [1.29, 1.82) is 0 Å². The fourth-order valence-electron chi connectivity index (χ4n) is 2.58. The largest absolute Gasteiger partial charge is 0.490 e. The van der Waals surface area contributed by atoms with Crippen molar-refractivity contribution >= 4 is 33.9 Å². The minimum atomic E-state index is 0.247. The van der Waals surface area contributed by atoms with Gasteiger partial charge in [-0.15, -0.1) is 0 Å². The quantitative estimate of drug-likeness (QED) is 0.697. The molecule has 0 radical (unpaired) electrons. The van der Waals surface area contributed by atoms with E-state index in [-0.39, 0.29) is 4.99 Å². The third kappa shape index (κ3) is 3.72. The van der Waals surface area contributed by atoms with Crippen LogP contribution in [0.5, 0.6) is 5.75 Å². The summed E-state index contributed by atoms with van der Waals surface area (Å²) >= 11 is 5.18. The lowest BCUT2D eigenvalue weighted by atomic mass is 10.1. The van der Waals surface area contributed by atoms with Crippen molar-refractivity contribution in [2.45, 2.75) is 20.3 Å². The summed E-state index contributed by atoms with van der Waals surface area (Å²) in [5.74, 6) is 0.673. The third-order valence-electron chi connectivity index (χ3n) is 3.88. The molecule has 0 aliphatic heterocycles. The van der Waals surface area contributed by atoms with Crippen LogP contribution in [-0.4, -0.2) is 11.6 Å². The van der Waals surface area contributed by atoms with Crippen LogP contribution in [0.25, 0.3) is 11.0 Å². The number of nitrogens with two attached hydrogens (primary N) is 1. The molecule has 0 amide bonds. The van der Waals surface area contributed by atoms with Gasteiger partial charge >= 0.3 is 0 Å². The smallest absolute Gasteiger partial charge is 0.230 e. The molecule has 3 rings (SSSR count). The van der Waals surface area contributed by atoms with Gasteiger partial charge in [-0.25, -0.2) is 4.99 Å². The average Bonchev–Trinajstić information content (AvgIpc) is 2.62. The van der Waals surface area contributed by atoms with E-state index in [4.69, 9.17) is 27.1 Å². The highest BCUT2D eigenvalue weighted by atomic mass is 32.1. The summed E-state index contributed by atoms with van der Waals surface area (Å²) in [6.45, 7) is 4.60. The maximum atomic E-state index is 6.04. The van der Waals surface area contributed by atoms with Crippen molar-refractivity contribution in [3.63, 3.8) is 0 Å². The van der Waals surface area contributed by atoms with Crippen LogP contribution in [0.4, 0.5) is 5.69 Å². The molecule has 0 atom stereocenters. The molecule has 0 fully saturated rings. The second-order valence-corrected chi connectivity index (χ2v) is 6.01. The van der Waals surface area contributed by atoms with Gasteiger partial charge in [0.05, 0.1) is 17.9 Å². The van der Waals surface area contributed by atoms with E-state index in [0.717, 1.165) is 17.5 Å². The molecule has 4 nitrogen and oxygen atoms in total. The van der Waals surface area contributed by atoms with E-state index in [2.05, 4.69) is 11.9 Å². The Bertz CT molecular complexity index is 975. The first-order valence-electron chi connectivity index (χ1n) is 8.25. The highest BCUT2D eigenvalue weighted by Gasteiger charge is 2.10. The number of para-hydroxylation sites is 1. The zero-order valence-electron chi connectivity index (χ0n) is 14.3. The van der Waals surface area contributed by atoms with Gasteiger partial charge in [0.25, 0.3) is 0 Å². The van der Waals surface area contributed by atoms with Crippen molar-refractivity contribution in [3.8, 4) is 5.75 Å². The molecule has 25 heavy (non-hydrogen) atoms. The van der Waals surface area contributed by atoms with Crippen molar-refractivity contribution < 1.29 is 9.15 Å². The lowest BCUT2D eigenvalue weighted by molar-refractivity contribution is 0.336. The van der Waals surface area contributed by atoms with Crippen molar-refractivity contribution in [3.05, 3.63) is 65.2 Å². The van der Waals surface area contributed by atoms with Crippen LogP contribution in [0.3, 0.4) is 0 Å². The Morgan fingerprint density at radius 1 is 1.16 bits per heavy atom. The van der Waals surface area contributed by atoms with Gasteiger partial charge in [-0.1, -0.05) is 43.4 Å². The van der Waals surface area contributed by atoms with Crippen LogP contribution in [0.2, 0.25) is 0 Å². The van der Waals surface area contributed by atoms with E-state index in [1.54, 1.807) is 0 Å². The number of rotatable bonds is 5. The number of hydrogen-bond acceptors (Lipinski definition) is 4. The van der Waals surface area contributed by atoms with Gasteiger partial charge in [-0.3, -0.25) is 0 Å². The van der Waals surface area contributed by atoms with Gasteiger partial charge in [0, 0.05) is 5.39 Å². The molecule has 0 saturated carbocycles. The van der Waals surface area contributed by atoms with E-state index in [1.807, 2.05) is 55.5 Å². The standard InChI is InChI=1S/C20H20N2O2S/c1-3-13-8-10-15(11-9-13)22-20-16(19(21)25)12-14-6-5-7-17(23-4-2)18(14)24-20/h5-12H,3-4H2,1-2H3,(H2,21,25). The molecule has 0 aliphatic carbocycles. The molecule has 0 bridgehead atoms. The minimum Gasteiger partial charge on any atom is -0.490 e. The summed E-state index contributed by atoms with van der Waals surface area (Å²) in [4.78, 5) is 4.85. The molecule has 1 heterocycles. The number of aryl methyl sites for hydroxylation is 1. The lowest BCUT2D eigenvalue weighted by Crippen LogP contribution is -2.20. The predicted molar refractivity (Wildman–Crippen MR) is 104 cm³/mol. The molecule has 1 aromatic heterocycles. The number of hydrogen-bond donors (Lipinski definition) is 1. The zero-order valence-corrected chi connectivity index (χ0v) is 15.1. The Morgan fingerprint density at radius 2 is 1.92 bits per heavy atom. The van der Waals surface area contributed by atoms with Crippen molar-refractivity contribution in [2.75, 3.05) is 6.61 Å². The second-order valence-electron chi connectivity index (χ2n) is 5.57. The van der Waals surface area contributed by atoms with Gasteiger partial charge in [-0.05, 0) is 43.2 Å². The molecule has 2 aromatic carbocycles. The Labute approximate surface area is 152 Å². The fraction of sp³-hybridized carbons (Fsp3) is 0.200. The highest BCUT2D eigenvalue weighted by molar-refractivity contribution is 7.80. The van der Waals surface area contributed by atoms with Crippen molar-refractivity contribution in [1.82, 2.24) is 0 Å². The van der Waals surface area contributed by atoms with Crippen LogP contribution in [-0.2, 0) is 6.42 Å². The fourth-order valence-corrected chi connectivity index (χ4v) is 2.72. The molecular weight excluding hydrogens is 332 g/mol. The Hall–Kier alpha value is -2.66. The topological polar surface area (TPSA) is 60.8 Å². The Balaban J connectivity index is 2.23. The van der Waals surface area contributed by atoms with E-state index in [9.17, 15) is 0 Å².